The fraction of sp³-hybridized carbons (Fsp3) is 0.227. The van der Waals surface area contributed by atoms with Gasteiger partial charge in [0.2, 0.25) is 0 Å². The van der Waals surface area contributed by atoms with Crippen LogP contribution in [0.3, 0.4) is 0 Å². The SMILES string of the molecule is Cc1cc2c(-c3ccc4ccccc4c3)c3cc(Cl)ccc3c(-c3ccc4c(c3)C=CCC4)c2cc1C1C=CC(Br)C2OC(C)(C)OC12. The van der Waals surface area contributed by atoms with E-state index in [0.29, 0.717) is 0 Å². The van der Waals surface area contributed by atoms with Crippen molar-refractivity contribution < 1.29 is 9.47 Å². The zero-order chi connectivity index (χ0) is 32.7. The van der Waals surface area contributed by atoms with Gasteiger partial charge in [-0.3, -0.25) is 0 Å². The van der Waals surface area contributed by atoms with E-state index in [2.05, 4.69) is 132 Å². The summed E-state index contributed by atoms with van der Waals surface area (Å²) in [4.78, 5) is 0.105. The van der Waals surface area contributed by atoms with E-state index < -0.39 is 5.79 Å². The van der Waals surface area contributed by atoms with Crippen molar-refractivity contribution in [2.24, 2.45) is 0 Å². The maximum atomic E-state index is 6.82. The molecular formula is C44H36BrClO2. The molecule has 6 aromatic rings. The molecule has 0 aromatic heterocycles. The molecule has 0 saturated carbocycles. The van der Waals surface area contributed by atoms with Crippen LogP contribution < -0.4 is 0 Å². The lowest BCUT2D eigenvalue weighted by Crippen LogP contribution is -2.38. The highest BCUT2D eigenvalue weighted by atomic mass is 79.9. The zero-order valence-electron chi connectivity index (χ0n) is 27.3. The van der Waals surface area contributed by atoms with Crippen molar-refractivity contribution in [1.29, 1.82) is 0 Å². The second kappa shape index (κ2) is 11.4. The highest BCUT2D eigenvalue weighted by Crippen LogP contribution is 2.49. The molecule has 1 heterocycles. The quantitative estimate of drug-likeness (QED) is 0.103. The van der Waals surface area contributed by atoms with Gasteiger partial charge < -0.3 is 9.47 Å². The van der Waals surface area contributed by atoms with Crippen molar-refractivity contribution in [3.05, 3.63) is 137 Å². The second-order valence-electron chi connectivity index (χ2n) is 14.0. The summed E-state index contributed by atoms with van der Waals surface area (Å²) in [5.74, 6) is -0.587. The largest absolute Gasteiger partial charge is 0.344 e. The molecule has 0 amide bonds. The number of aryl methyl sites for hydroxylation is 2. The van der Waals surface area contributed by atoms with Crippen LogP contribution in [0.1, 0.15) is 48.4 Å². The van der Waals surface area contributed by atoms with Gasteiger partial charge in [0.1, 0.15) is 6.10 Å². The Morgan fingerprint density at radius 1 is 0.729 bits per heavy atom. The van der Waals surface area contributed by atoms with Crippen LogP contribution in [0, 0.1) is 6.92 Å². The van der Waals surface area contributed by atoms with Gasteiger partial charge in [0, 0.05) is 10.9 Å². The van der Waals surface area contributed by atoms with Crippen LogP contribution in [0.25, 0.3) is 60.6 Å². The molecule has 4 atom stereocenters. The number of benzene rings is 6. The lowest BCUT2D eigenvalue weighted by atomic mass is 9.79. The van der Waals surface area contributed by atoms with Gasteiger partial charge in [-0.25, -0.2) is 0 Å². The number of ether oxygens (including phenoxy) is 2. The van der Waals surface area contributed by atoms with Gasteiger partial charge in [0.05, 0.1) is 10.9 Å². The minimum absolute atomic E-state index is 0.0549. The Labute approximate surface area is 295 Å². The molecular weight excluding hydrogens is 676 g/mol. The molecule has 1 saturated heterocycles. The molecule has 6 aromatic carbocycles. The Kier molecular flexibility index (Phi) is 7.22. The maximum Gasteiger partial charge on any atom is 0.163 e. The van der Waals surface area contributed by atoms with Gasteiger partial charge in [-0.05, 0) is 141 Å². The molecule has 3 aliphatic rings. The number of fused-ring (bicyclic) bond motifs is 5. The van der Waals surface area contributed by atoms with Crippen LogP contribution in [-0.4, -0.2) is 22.8 Å². The van der Waals surface area contributed by atoms with Crippen LogP contribution in [-0.2, 0) is 15.9 Å². The van der Waals surface area contributed by atoms with Gasteiger partial charge in [-0.1, -0.05) is 112 Å². The summed E-state index contributed by atoms with van der Waals surface area (Å²) in [6.07, 6.45) is 11.1. The van der Waals surface area contributed by atoms with E-state index in [1.165, 1.54) is 71.4 Å². The number of hydrogen-bond acceptors (Lipinski definition) is 2. The molecule has 0 N–H and O–H groups in total. The molecule has 9 rings (SSSR count). The van der Waals surface area contributed by atoms with Crippen LogP contribution in [0.4, 0.5) is 0 Å². The van der Waals surface area contributed by atoms with Crippen LogP contribution in [0.15, 0.2) is 109 Å². The third kappa shape index (κ3) is 4.98. The van der Waals surface area contributed by atoms with E-state index in [1.807, 2.05) is 19.9 Å². The summed E-state index contributed by atoms with van der Waals surface area (Å²) >= 11 is 10.7. The molecule has 1 fully saturated rings. The van der Waals surface area contributed by atoms with Gasteiger partial charge in [-0.15, -0.1) is 0 Å². The Balaban J connectivity index is 1.37. The van der Waals surface area contributed by atoms with Crippen LogP contribution in [0.5, 0.6) is 0 Å². The number of halogens is 2. The summed E-state index contributed by atoms with van der Waals surface area (Å²) in [6, 6.07) is 33.7. The zero-order valence-corrected chi connectivity index (χ0v) is 29.6. The Morgan fingerprint density at radius 3 is 2.33 bits per heavy atom. The first-order chi connectivity index (χ1) is 23.2. The fourth-order valence-corrected chi connectivity index (χ4v) is 9.10. The normalized spacial score (nSPS) is 22.8. The molecule has 48 heavy (non-hydrogen) atoms. The third-order valence-corrected chi connectivity index (χ3v) is 11.6. The second-order valence-corrected chi connectivity index (χ2v) is 15.5. The lowest BCUT2D eigenvalue weighted by Gasteiger charge is -2.32. The number of allylic oxidation sites excluding steroid dienone is 1. The third-order valence-electron chi connectivity index (χ3n) is 10.5. The minimum atomic E-state index is -0.642. The van der Waals surface area contributed by atoms with E-state index in [4.69, 9.17) is 21.1 Å². The van der Waals surface area contributed by atoms with Crippen LogP contribution in [0.2, 0.25) is 5.02 Å². The smallest absolute Gasteiger partial charge is 0.163 e. The lowest BCUT2D eigenvalue weighted by molar-refractivity contribution is -0.145. The first-order valence-corrected chi connectivity index (χ1v) is 18.2. The van der Waals surface area contributed by atoms with Crippen molar-refractivity contribution in [2.45, 2.75) is 62.4 Å². The summed E-state index contributed by atoms with van der Waals surface area (Å²) < 4.78 is 13.1. The van der Waals surface area contributed by atoms with E-state index >= 15 is 0 Å². The number of alkyl halides is 1. The summed E-state index contributed by atoms with van der Waals surface area (Å²) in [7, 11) is 0. The predicted octanol–water partition coefficient (Wildman–Crippen LogP) is 12.3. The predicted molar refractivity (Wildman–Crippen MR) is 205 cm³/mol. The molecule has 0 spiro atoms. The average Bonchev–Trinajstić information content (AvgIpc) is 3.43. The standard InChI is InChI=1S/C44H36BrClO2/c1-25-20-36-38(24-35(25)34-18-19-39(45)43-42(34)47-44(2,3)48-43)40(30-14-12-26-8-4-6-10-28(26)21-30)33-17-16-32(46)23-37(33)41(36)31-15-13-27-9-5-7-11-29(27)22-31/h5-7,9-24,34,39,42-43H,4,8H2,1-3H3. The molecule has 0 bridgehead atoms. The number of rotatable bonds is 3. The van der Waals surface area contributed by atoms with Crippen molar-refractivity contribution >= 4 is 65.9 Å². The summed E-state index contributed by atoms with van der Waals surface area (Å²) in [5, 5.41) is 8.01. The van der Waals surface area contributed by atoms with Crippen molar-refractivity contribution in [3.63, 3.8) is 0 Å². The average molecular weight is 712 g/mol. The molecule has 2 aliphatic carbocycles. The Hall–Kier alpha value is -3.73. The van der Waals surface area contributed by atoms with E-state index in [0.717, 1.165) is 23.3 Å². The first-order valence-electron chi connectivity index (χ1n) is 16.9. The Morgan fingerprint density at radius 2 is 1.46 bits per heavy atom. The monoisotopic (exact) mass is 710 g/mol. The highest BCUT2D eigenvalue weighted by molar-refractivity contribution is 9.09. The summed E-state index contributed by atoms with van der Waals surface area (Å²) in [5.41, 5.74) is 10.1. The molecule has 4 unspecified atom stereocenters. The van der Waals surface area contributed by atoms with Crippen molar-refractivity contribution in [2.75, 3.05) is 0 Å². The molecule has 4 heteroatoms. The van der Waals surface area contributed by atoms with Crippen LogP contribution >= 0.6 is 27.5 Å². The van der Waals surface area contributed by atoms with Gasteiger partial charge in [0.15, 0.2) is 5.79 Å². The minimum Gasteiger partial charge on any atom is -0.344 e. The molecule has 0 radical (unpaired) electrons. The fourth-order valence-electron chi connectivity index (χ4n) is 8.34. The van der Waals surface area contributed by atoms with Gasteiger partial charge >= 0.3 is 0 Å². The number of hydrogen-bond donors (Lipinski definition) is 0. The van der Waals surface area contributed by atoms with Gasteiger partial charge in [-0.2, -0.15) is 0 Å². The molecule has 2 nitrogen and oxygen atoms in total. The molecule has 1 aliphatic heterocycles. The first kappa shape index (κ1) is 30.3. The topological polar surface area (TPSA) is 18.5 Å². The maximum absolute atomic E-state index is 6.82. The Bertz CT molecular complexity index is 2350. The van der Waals surface area contributed by atoms with Crippen molar-refractivity contribution in [1.82, 2.24) is 0 Å². The van der Waals surface area contributed by atoms with Gasteiger partial charge in [0.25, 0.3) is 0 Å². The summed E-state index contributed by atoms with van der Waals surface area (Å²) in [6.45, 7) is 6.28. The molecule has 238 valence electrons. The highest BCUT2D eigenvalue weighted by Gasteiger charge is 2.49. The van der Waals surface area contributed by atoms with E-state index in [9.17, 15) is 0 Å². The van der Waals surface area contributed by atoms with E-state index in [1.54, 1.807) is 0 Å². The van der Waals surface area contributed by atoms with E-state index in [-0.39, 0.29) is 23.0 Å². The van der Waals surface area contributed by atoms with Crippen molar-refractivity contribution in [3.8, 4) is 22.3 Å².